The summed E-state index contributed by atoms with van der Waals surface area (Å²) in [5.74, 6) is 1.01. The topological polar surface area (TPSA) is 120 Å². The number of rotatable bonds is 7. The maximum atomic E-state index is 10.2. The molecule has 0 aliphatic carbocycles. The predicted octanol–water partition coefficient (Wildman–Crippen LogP) is 2.95. The Bertz CT molecular complexity index is 884. The molecule has 7 nitrogen and oxygen atoms in total. The van der Waals surface area contributed by atoms with Gasteiger partial charge in [0.25, 0.3) is 0 Å². The third kappa shape index (κ3) is 4.34. The number of aromatic nitrogens is 2. The summed E-state index contributed by atoms with van der Waals surface area (Å²) in [6.07, 6.45) is 2.20. The van der Waals surface area contributed by atoms with Crippen molar-refractivity contribution in [2.75, 3.05) is 22.9 Å². The first-order chi connectivity index (χ1) is 12.7. The van der Waals surface area contributed by atoms with Crippen LogP contribution in [0.5, 0.6) is 0 Å². The first-order valence-electron chi connectivity index (χ1n) is 8.12. The first kappa shape index (κ1) is 17.4. The second-order valence-electron chi connectivity index (χ2n) is 5.69. The minimum atomic E-state index is -0.629. The number of nitrogens with zero attached hydrogens (tertiary/aromatic N) is 2. The average molecular weight is 348 g/mol. The van der Waals surface area contributed by atoms with E-state index in [2.05, 4.69) is 20.6 Å². The Labute approximate surface area is 151 Å². The average Bonchev–Trinajstić information content (AvgIpc) is 2.67. The van der Waals surface area contributed by atoms with E-state index in [-0.39, 0.29) is 0 Å². The van der Waals surface area contributed by atoms with Gasteiger partial charge in [0.1, 0.15) is 5.82 Å². The maximum absolute atomic E-state index is 10.2. The van der Waals surface area contributed by atoms with Crippen molar-refractivity contribution in [1.82, 2.24) is 9.97 Å². The van der Waals surface area contributed by atoms with Crippen LogP contribution in [0.2, 0.25) is 0 Å². The van der Waals surface area contributed by atoms with Gasteiger partial charge in [-0.2, -0.15) is 4.98 Å². The monoisotopic (exact) mass is 348 g/mol. The fraction of sp³-hybridized carbons (Fsp3) is 0.105. The summed E-state index contributed by atoms with van der Waals surface area (Å²) in [6.45, 7) is 0.335. The molecule has 1 unspecified atom stereocenters. The Morgan fingerprint density at radius 2 is 1.96 bits per heavy atom. The van der Waals surface area contributed by atoms with Gasteiger partial charge >= 0.3 is 0 Å². The number of hydrogen-bond acceptors (Lipinski definition) is 7. The highest BCUT2D eigenvalue weighted by molar-refractivity contribution is 5.86. The number of benzene rings is 2. The highest BCUT2D eigenvalue weighted by Gasteiger charge is 2.08. The van der Waals surface area contributed by atoms with Crippen molar-refractivity contribution in [2.45, 2.75) is 6.10 Å². The second kappa shape index (κ2) is 8.09. The second-order valence-corrected chi connectivity index (χ2v) is 5.69. The molecule has 3 rings (SSSR count). The number of nitrogens with two attached hydrogens (primary N) is 1. The lowest BCUT2D eigenvalue weighted by molar-refractivity contribution is 0.191. The molecule has 0 aliphatic rings. The predicted molar refractivity (Wildman–Crippen MR) is 104 cm³/mol. The summed E-state index contributed by atoms with van der Waals surface area (Å²) in [5, 5.41) is 23.7. The van der Waals surface area contributed by atoms with Crippen LogP contribution in [-0.4, -0.2) is 27.8 Å². The fourth-order valence-electron chi connectivity index (χ4n) is 2.42. The number of nitrogens with one attached hydrogen (secondary N) is 3. The van der Waals surface area contributed by atoms with Gasteiger partial charge in [0.05, 0.1) is 6.10 Å². The molecule has 1 aromatic heterocycles. The summed E-state index contributed by atoms with van der Waals surface area (Å²) in [4.78, 5) is 8.56. The Morgan fingerprint density at radius 3 is 2.69 bits per heavy atom. The molecule has 0 bridgehead atoms. The highest BCUT2D eigenvalue weighted by Crippen LogP contribution is 2.20. The van der Waals surface area contributed by atoms with Gasteiger partial charge in [-0.25, -0.2) is 4.98 Å². The highest BCUT2D eigenvalue weighted by atomic mass is 16.3. The minimum absolute atomic E-state index is 0.335. The van der Waals surface area contributed by atoms with Crippen LogP contribution in [0.1, 0.15) is 17.2 Å². The van der Waals surface area contributed by atoms with E-state index in [1.54, 1.807) is 30.5 Å². The van der Waals surface area contributed by atoms with Gasteiger partial charge in [-0.3, -0.25) is 0 Å². The molecule has 6 N–H and O–H groups in total. The van der Waals surface area contributed by atoms with Crippen LogP contribution >= 0.6 is 0 Å². The van der Waals surface area contributed by atoms with Gasteiger partial charge in [-0.05, 0) is 29.8 Å². The van der Waals surface area contributed by atoms with Crippen LogP contribution in [-0.2, 0) is 0 Å². The van der Waals surface area contributed by atoms with Crippen molar-refractivity contribution >= 4 is 29.4 Å². The van der Waals surface area contributed by atoms with E-state index in [1.807, 2.05) is 30.3 Å². The van der Waals surface area contributed by atoms with Crippen LogP contribution in [0, 0.1) is 5.41 Å². The number of hydrogen-bond donors (Lipinski definition) is 5. The molecule has 0 saturated heterocycles. The van der Waals surface area contributed by atoms with Crippen LogP contribution < -0.4 is 16.4 Å². The summed E-state index contributed by atoms with van der Waals surface area (Å²) >= 11 is 0. The van der Waals surface area contributed by atoms with Crippen LogP contribution in [0.4, 0.5) is 23.1 Å². The third-order valence-corrected chi connectivity index (χ3v) is 3.81. The number of aliphatic hydroxyl groups is 1. The fourth-order valence-corrected chi connectivity index (χ4v) is 2.42. The Morgan fingerprint density at radius 1 is 1.15 bits per heavy atom. The SMILES string of the molecule is N=Cc1ccc(Nc2nccc(NCC(O)c3ccccc3)n2)cc1N. The van der Waals surface area contributed by atoms with E-state index in [0.29, 0.717) is 29.6 Å². The summed E-state index contributed by atoms with van der Waals surface area (Å²) in [6, 6.07) is 16.5. The minimum Gasteiger partial charge on any atom is -0.398 e. The van der Waals surface area contributed by atoms with Crippen LogP contribution in [0.25, 0.3) is 0 Å². The molecular weight excluding hydrogens is 328 g/mol. The molecule has 26 heavy (non-hydrogen) atoms. The number of anilines is 4. The number of nitrogen functional groups attached to an aromatic ring is 1. The maximum Gasteiger partial charge on any atom is 0.229 e. The molecule has 0 saturated carbocycles. The quantitative estimate of drug-likeness (QED) is 0.331. The molecule has 0 amide bonds. The van der Waals surface area contributed by atoms with Crippen LogP contribution in [0.3, 0.4) is 0 Å². The lowest BCUT2D eigenvalue weighted by Crippen LogP contribution is -2.13. The normalized spacial score (nSPS) is 11.6. The summed E-state index contributed by atoms with van der Waals surface area (Å²) < 4.78 is 0. The summed E-state index contributed by atoms with van der Waals surface area (Å²) in [7, 11) is 0. The van der Waals surface area contributed by atoms with E-state index in [9.17, 15) is 5.11 Å². The molecule has 0 fully saturated rings. The van der Waals surface area contributed by atoms with Gasteiger partial charge in [-0.1, -0.05) is 30.3 Å². The Kier molecular flexibility index (Phi) is 5.40. The van der Waals surface area contributed by atoms with Crippen molar-refractivity contribution in [3.63, 3.8) is 0 Å². The van der Waals surface area contributed by atoms with Gasteiger partial charge in [-0.15, -0.1) is 0 Å². The van der Waals surface area contributed by atoms with Crippen molar-refractivity contribution in [1.29, 1.82) is 5.41 Å². The van der Waals surface area contributed by atoms with Gasteiger partial charge < -0.3 is 26.9 Å². The first-order valence-corrected chi connectivity index (χ1v) is 8.12. The molecule has 7 heteroatoms. The van der Waals surface area contributed by atoms with Crippen molar-refractivity contribution in [3.05, 3.63) is 71.9 Å². The van der Waals surface area contributed by atoms with E-state index in [0.717, 1.165) is 11.3 Å². The molecule has 0 spiro atoms. The molecule has 1 heterocycles. The van der Waals surface area contributed by atoms with E-state index < -0.39 is 6.10 Å². The Balaban J connectivity index is 1.64. The molecule has 2 aromatic carbocycles. The lowest BCUT2D eigenvalue weighted by atomic mass is 10.1. The zero-order chi connectivity index (χ0) is 18.4. The van der Waals surface area contributed by atoms with Gasteiger partial charge in [0.15, 0.2) is 0 Å². The zero-order valence-corrected chi connectivity index (χ0v) is 14.1. The van der Waals surface area contributed by atoms with Crippen molar-refractivity contribution in [3.8, 4) is 0 Å². The largest absolute Gasteiger partial charge is 0.398 e. The van der Waals surface area contributed by atoms with Gasteiger partial charge in [0, 0.05) is 35.9 Å². The Hall–Kier alpha value is -3.45. The van der Waals surface area contributed by atoms with Gasteiger partial charge in [0.2, 0.25) is 5.95 Å². The van der Waals surface area contributed by atoms with Crippen molar-refractivity contribution < 1.29 is 5.11 Å². The molecule has 1 atom stereocenters. The standard InChI is InChI=1S/C19H20N6O/c20-11-14-6-7-15(10-16(14)21)24-19-22-9-8-18(25-19)23-12-17(26)13-4-2-1-3-5-13/h1-11,17,20,26H,12,21H2,(H2,22,23,24,25). The lowest BCUT2D eigenvalue weighted by Gasteiger charge is -2.13. The molecule has 0 radical (unpaired) electrons. The molecule has 3 aromatic rings. The molecular formula is C19H20N6O. The summed E-state index contributed by atoms with van der Waals surface area (Å²) in [5.41, 5.74) is 8.61. The van der Waals surface area contributed by atoms with Crippen molar-refractivity contribution in [2.24, 2.45) is 0 Å². The zero-order valence-electron chi connectivity index (χ0n) is 14.1. The van der Waals surface area contributed by atoms with E-state index in [1.165, 1.54) is 6.21 Å². The number of aliphatic hydroxyl groups excluding tert-OH is 1. The molecule has 0 aliphatic heterocycles. The third-order valence-electron chi connectivity index (χ3n) is 3.81. The molecule has 132 valence electrons. The smallest absolute Gasteiger partial charge is 0.229 e. The van der Waals surface area contributed by atoms with Crippen LogP contribution in [0.15, 0.2) is 60.8 Å². The van der Waals surface area contributed by atoms with E-state index in [4.69, 9.17) is 11.1 Å². The van der Waals surface area contributed by atoms with E-state index >= 15 is 0 Å².